The van der Waals surface area contributed by atoms with Gasteiger partial charge < -0.3 is 9.84 Å². The third-order valence-corrected chi connectivity index (χ3v) is 5.13. The lowest BCUT2D eigenvalue weighted by molar-refractivity contribution is -0.140. The van der Waals surface area contributed by atoms with Gasteiger partial charge >= 0.3 is 5.97 Å². The lowest BCUT2D eigenvalue weighted by atomic mass is 9.71. The van der Waals surface area contributed by atoms with Gasteiger partial charge in [0.2, 0.25) is 0 Å². The average Bonchev–Trinajstić information content (AvgIpc) is 3.08. The Balaban J connectivity index is 2.00. The van der Waals surface area contributed by atoms with Crippen molar-refractivity contribution in [1.29, 1.82) is 0 Å². The molecule has 1 aliphatic heterocycles. The highest BCUT2D eigenvalue weighted by Gasteiger charge is 2.60. The molecule has 3 heteroatoms. The Labute approximate surface area is 113 Å². The third kappa shape index (κ3) is 1.71. The summed E-state index contributed by atoms with van der Waals surface area (Å²) in [5.74, 6) is -0.581. The van der Waals surface area contributed by atoms with E-state index in [1.807, 2.05) is 0 Å². The first-order valence-corrected chi connectivity index (χ1v) is 6.85. The second-order valence-electron chi connectivity index (χ2n) is 6.12. The molecule has 1 aromatic rings. The number of hydrogen-bond acceptors (Lipinski definition) is 2. The van der Waals surface area contributed by atoms with Gasteiger partial charge in [-0.15, -0.1) is 0 Å². The Morgan fingerprint density at radius 2 is 1.95 bits per heavy atom. The first-order valence-electron chi connectivity index (χ1n) is 6.85. The van der Waals surface area contributed by atoms with Crippen molar-refractivity contribution >= 4 is 5.97 Å². The maximum atomic E-state index is 11.2. The van der Waals surface area contributed by atoms with Crippen LogP contribution in [0.4, 0.5) is 0 Å². The van der Waals surface area contributed by atoms with Crippen LogP contribution in [-0.2, 0) is 14.9 Å². The summed E-state index contributed by atoms with van der Waals surface area (Å²) in [5.41, 5.74) is 5.17. The summed E-state index contributed by atoms with van der Waals surface area (Å²) >= 11 is 0. The molecule has 1 aromatic carbocycles. The zero-order chi connectivity index (χ0) is 13.8. The average molecular weight is 260 g/mol. The number of aryl methyl sites for hydroxylation is 1. The number of carboxylic acids is 1. The summed E-state index contributed by atoms with van der Waals surface area (Å²) in [5, 5.41) is 9.18. The normalized spacial score (nSPS) is 27.7. The molecule has 2 atom stereocenters. The smallest absolute Gasteiger partial charge is 0.306 e. The molecule has 0 radical (unpaired) electrons. The van der Waals surface area contributed by atoms with Gasteiger partial charge in [-0.2, -0.15) is 0 Å². The van der Waals surface area contributed by atoms with Gasteiger partial charge in [0.05, 0.1) is 19.1 Å². The Hall–Kier alpha value is -1.35. The van der Waals surface area contributed by atoms with Crippen LogP contribution < -0.4 is 0 Å². The molecule has 1 heterocycles. The van der Waals surface area contributed by atoms with Gasteiger partial charge in [0, 0.05) is 5.41 Å². The second-order valence-corrected chi connectivity index (χ2v) is 6.12. The van der Waals surface area contributed by atoms with Crippen LogP contribution in [0.2, 0.25) is 0 Å². The summed E-state index contributed by atoms with van der Waals surface area (Å²) in [6.45, 7) is 7.75. The topological polar surface area (TPSA) is 46.5 Å². The molecule has 102 valence electrons. The van der Waals surface area contributed by atoms with Gasteiger partial charge in [-0.05, 0) is 55.4 Å². The summed E-state index contributed by atoms with van der Waals surface area (Å²) in [6.07, 6.45) is 0.797. The SMILES string of the molecule is Cc1ccc(C2(C3CC3C(=O)O)COC2)c(C)c1C. The highest BCUT2D eigenvalue weighted by atomic mass is 16.5. The lowest BCUT2D eigenvalue weighted by Gasteiger charge is -2.44. The molecule has 1 aliphatic carbocycles. The van der Waals surface area contributed by atoms with Crippen molar-refractivity contribution in [3.8, 4) is 0 Å². The fourth-order valence-electron chi connectivity index (χ4n) is 3.47. The van der Waals surface area contributed by atoms with E-state index < -0.39 is 5.97 Å². The van der Waals surface area contributed by atoms with E-state index >= 15 is 0 Å². The number of ether oxygens (including phenoxy) is 1. The number of aliphatic carboxylic acids is 1. The number of carbonyl (C=O) groups is 1. The first-order chi connectivity index (χ1) is 8.97. The van der Waals surface area contributed by atoms with Crippen LogP contribution in [-0.4, -0.2) is 24.3 Å². The van der Waals surface area contributed by atoms with Crippen molar-refractivity contribution in [1.82, 2.24) is 0 Å². The predicted molar refractivity (Wildman–Crippen MR) is 72.4 cm³/mol. The van der Waals surface area contributed by atoms with E-state index in [-0.39, 0.29) is 17.3 Å². The summed E-state index contributed by atoms with van der Waals surface area (Å²) in [7, 11) is 0. The molecule has 1 saturated carbocycles. The van der Waals surface area contributed by atoms with Crippen molar-refractivity contribution in [2.75, 3.05) is 13.2 Å². The maximum Gasteiger partial charge on any atom is 0.306 e. The van der Waals surface area contributed by atoms with Crippen LogP contribution in [0, 0.1) is 32.6 Å². The number of carboxylic acid groups (broad SMARTS) is 1. The molecule has 0 amide bonds. The Morgan fingerprint density at radius 3 is 2.42 bits per heavy atom. The van der Waals surface area contributed by atoms with Crippen LogP contribution in [0.1, 0.15) is 28.7 Å². The van der Waals surface area contributed by atoms with E-state index in [1.165, 1.54) is 22.3 Å². The van der Waals surface area contributed by atoms with Crippen molar-refractivity contribution in [3.05, 3.63) is 34.4 Å². The van der Waals surface area contributed by atoms with E-state index in [2.05, 4.69) is 32.9 Å². The molecule has 0 bridgehead atoms. The number of hydrogen-bond donors (Lipinski definition) is 1. The minimum Gasteiger partial charge on any atom is -0.481 e. The van der Waals surface area contributed by atoms with Gasteiger partial charge in [0.15, 0.2) is 0 Å². The van der Waals surface area contributed by atoms with Crippen LogP contribution in [0.25, 0.3) is 0 Å². The summed E-state index contributed by atoms with van der Waals surface area (Å²) in [4.78, 5) is 11.2. The molecule has 1 saturated heterocycles. The standard InChI is InChI=1S/C16H20O3/c1-9-4-5-13(11(3)10(9)2)16(7-19-8-16)14-6-12(14)15(17)18/h4-5,12,14H,6-8H2,1-3H3,(H,17,18). The molecule has 2 unspecified atom stereocenters. The molecular formula is C16H20O3. The Bertz CT molecular complexity index is 543. The number of rotatable bonds is 3. The molecular weight excluding hydrogens is 240 g/mol. The molecule has 3 rings (SSSR count). The highest BCUT2D eigenvalue weighted by molar-refractivity contribution is 5.74. The van der Waals surface area contributed by atoms with Crippen molar-refractivity contribution in [2.45, 2.75) is 32.6 Å². The summed E-state index contributed by atoms with van der Waals surface area (Å²) < 4.78 is 5.45. The largest absolute Gasteiger partial charge is 0.481 e. The fourth-order valence-corrected chi connectivity index (χ4v) is 3.47. The van der Waals surface area contributed by atoms with Crippen molar-refractivity contribution in [3.63, 3.8) is 0 Å². The number of benzene rings is 1. The van der Waals surface area contributed by atoms with Crippen LogP contribution in [0.15, 0.2) is 12.1 Å². The van der Waals surface area contributed by atoms with Crippen LogP contribution >= 0.6 is 0 Å². The first kappa shape index (κ1) is 12.7. The Kier molecular flexibility index (Phi) is 2.72. The molecule has 2 aliphatic rings. The highest BCUT2D eigenvalue weighted by Crippen LogP contribution is 2.56. The van der Waals surface area contributed by atoms with E-state index in [0.717, 1.165) is 6.42 Å². The molecule has 0 spiro atoms. The van der Waals surface area contributed by atoms with Crippen LogP contribution in [0.3, 0.4) is 0 Å². The van der Waals surface area contributed by atoms with Gasteiger partial charge in [0.25, 0.3) is 0 Å². The lowest BCUT2D eigenvalue weighted by Crippen LogP contribution is -2.50. The van der Waals surface area contributed by atoms with E-state index in [4.69, 9.17) is 4.74 Å². The van der Waals surface area contributed by atoms with Crippen molar-refractivity contribution < 1.29 is 14.6 Å². The third-order valence-electron chi connectivity index (χ3n) is 5.13. The fraction of sp³-hybridized carbons (Fsp3) is 0.562. The zero-order valence-electron chi connectivity index (χ0n) is 11.7. The minimum atomic E-state index is -0.655. The van der Waals surface area contributed by atoms with Gasteiger partial charge in [-0.25, -0.2) is 0 Å². The zero-order valence-corrected chi connectivity index (χ0v) is 11.7. The predicted octanol–water partition coefficient (Wildman–Crippen LogP) is 2.60. The maximum absolute atomic E-state index is 11.2. The molecule has 2 fully saturated rings. The monoisotopic (exact) mass is 260 g/mol. The minimum absolute atomic E-state index is 0.0500. The van der Waals surface area contributed by atoms with E-state index in [9.17, 15) is 9.90 Å². The molecule has 19 heavy (non-hydrogen) atoms. The molecule has 0 aromatic heterocycles. The van der Waals surface area contributed by atoms with Gasteiger partial charge in [-0.3, -0.25) is 4.79 Å². The molecule has 1 N–H and O–H groups in total. The second kappa shape index (κ2) is 4.07. The van der Waals surface area contributed by atoms with E-state index in [1.54, 1.807) is 0 Å². The summed E-state index contributed by atoms with van der Waals surface area (Å²) in [6, 6.07) is 4.33. The quantitative estimate of drug-likeness (QED) is 0.908. The van der Waals surface area contributed by atoms with Crippen LogP contribution in [0.5, 0.6) is 0 Å². The van der Waals surface area contributed by atoms with E-state index in [0.29, 0.717) is 13.2 Å². The van der Waals surface area contributed by atoms with Gasteiger partial charge in [0.1, 0.15) is 0 Å². The van der Waals surface area contributed by atoms with Gasteiger partial charge in [-0.1, -0.05) is 12.1 Å². The van der Waals surface area contributed by atoms with Crippen molar-refractivity contribution in [2.24, 2.45) is 11.8 Å². The Morgan fingerprint density at radius 1 is 1.26 bits per heavy atom. The molecule has 3 nitrogen and oxygen atoms in total.